The van der Waals surface area contributed by atoms with Crippen LogP contribution in [0.3, 0.4) is 0 Å². The van der Waals surface area contributed by atoms with E-state index in [2.05, 4.69) is 67.7 Å². The Hall–Kier alpha value is 0.274. The maximum absolute atomic E-state index is 9.85. The Kier molecular flexibility index (Phi) is 9.28. The van der Waals surface area contributed by atoms with Gasteiger partial charge < -0.3 is 18.7 Å². The number of ether oxygens (including phenoxy) is 1. The number of hydrogen-bond donors (Lipinski definition) is 1. The molecule has 0 amide bonds. The lowest BCUT2D eigenvalue weighted by atomic mass is 10.1. The van der Waals surface area contributed by atoms with Crippen LogP contribution in [0, 0.1) is 0 Å². The molecule has 0 fully saturated rings. The summed E-state index contributed by atoms with van der Waals surface area (Å²) in [5, 5.41) is 10.2. The molecule has 0 heterocycles. The maximum atomic E-state index is 9.85. The van der Waals surface area contributed by atoms with E-state index in [1.807, 2.05) is 0 Å². The molecule has 4 nitrogen and oxygen atoms in total. The van der Waals surface area contributed by atoms with Crippen LogP contribution in [-0.2, 0) is 13.6 Å². The van der Waals surface area contributed by atoms with Crippen molar-refractivity contribution in [2.24, 2.45) is 0 Å². The van der Waals surface area contributed by atoms with E-state index in [1.165, 1.54) is 0 Å². The van der Waals surface area contributed by atoms with Crippen LogP contribution in [0.25, 0.3) is 0 Å². The molecule has 0 saturated carbocycles. The lowest BCUT2D eigenvalue weighted by Crippen LogP contribution is -2.49. The van der Waals surface area contributed by atoms with Crippen LogP contribution in [0.15, 0.2) is 0 Å². The van der Waals surface area contributed by atoms with E-state index < -0.39 is 22.2 Å². The fraction of sp³-hybridized carbons (Fsp3) is 1.00. The average molecular weight is 407 g/mol. The van der Waals surface area contributed by atoms with Crippen molar-refractivity contribution in [3.05, 3.63) is 0 Å². The SMILES string of the molecule is CC(C)(O)CCOCC(CO[Si](C)(C)C(C)(C)C)O[Si](C)(C)C(C)(C)C. The first-order valence-electron chi connectivity index (χ1n) is 9.90. The Labute approximate surface area is 165 Å². The van der Waals surface area contributed by atoms with Crippen molar-refractivity contribution in [2.75, 3.05) is 19.8 Å². The van der Waals surface area contributed by atoms with Crippen molar-refractivity contribution in [2.45, 2.75) is 110 Å². The van der Waals surface area contributed by atoms with Gasteiger partial charge in [0.1, 0.15) is 0 Å². The van der Waals surface area contributed by atoms with Crippen LogP contribution in [0.2, 0.25) is 36.3 Å². The number of rotatable bonds is 10. The zero-order valence-electron chi connectivity index (χ0n) is 19.6. The van der Waals surface area contributed by atoms with E-state index in [4.69, 9.17) is 13.6 Å². The van der Waals surface area contributed by atoms with Gasteiger partial charge in [0.15, 0.2) is 16.6 Å². The molecule has 0 aliphatic rings. The highest BCUT2D eigenvalue weighted by molar-refractivity contribution is 6.74. The minimum atomic E-state index is -1.90. The van der Waals surface area contributed by atoms with Gasteiger partial charge in [-0.1, -0.05) is 41.5 Å². The van der Waals surface area contributed by atoms with Gasteiger partial charge in [0.25, 0.3) is 0 Å². The first-order valence-corrected chi connectivity index (χ1v) is 15.7. The Balaban J connectivity index is 4.95. The molecule has 1 unspecified atom stereocenters. The molecule has 0 aromatic carbocycles. The summed E-state index contributed by atoms with van der Waals surface area (Å²) in [6, 6.07) is 0. The molecule has 0 aliphatic carbocycles. The maximum Gasteiger partial charge on any atom is 0.192 e. The van der Waals surface area contributed by atoms with Gasteiger partial charge in [0.05, 0.1) is 24.9 Å². The third-order valence-electron chi connectivity index (χ3n) is 5.87. The molecule has 1 atom stereocenters. The van der Waals surface area contributed by atoms with Crippen molar-refractivity contribution in [3.8, 4) is 0 Å². The predicted octanol–water partition coefficient (Wildman–Crippen LogP) is 5.58. The van der Waals surface area contributed by atoms with Gasteiger partial charge in [-0.25, -0.2) is 0 Å². The van der Waals surface area contributed by atoms with Gasteiger partial charge in [-0.3, -0.25) is 0 Å². The summed E-state index contributed by atoms with van der Waals surface area (Å²) in [6.07, 6.45) is 0.551. The molecule has 158 valence electrons. The van der Waals surface area contributed by atoms with Gasteiger partial charge in [-0.2, -0.15) is 0 Å². The Morgan fingerprint density at radius 2 is 1.23 bits per heavy atom. The summed E-state index contributed by atoms with van der Waals surface area (Å²) in [5.41, 5.74) is -0.701. The number of hydrogen-bond acceptors (Lipinski definition) is 4. The van der Waals surface area contributed by atoms with Gasteiger partial charge in [-0.15, -0.1) is 0 Å². The molecule has 6 heteroatoms. The molecule has 26 heavy (non-hydrogen) atoms. The Morgan fingerprint density at radius 3 is 1.62 bits per heavy atom. The topological polar surface area (TPSA) is 47.9 Å². The monoisotopic (exact) mass is 406 g/mol. The first kappa shape index (κ1) is 26.3. The van der Waals surface area contributed by atoms with Crippen LogP contribution >= 0.6 is 0 Å². The highest BCUT2D eigenvalue weighted by atomic mass is 28.4. The molecule has 0 rings (SSSR count). The largest absolute Gasteiger partial charge is 0.414 e. The van der Waals surface area contributed by atoms with E-state index in [0.717, 1.165) is 0 Å². The predicted molar refractivity (Wildman–Crippen MR) is 117 cm³/mol. The quantitative estimate of drug-likeness (QED) is 0.380. The normalized spacial score (nSPS) is 16.0. The lowest BCUT2D eigenvalue weighted by molar-refractivity contribution is -0.0110. The summed E-state index contributed by atoms with van der Waals surface area (Å²) in [5.74, 6) is 0. The Morgan fingerprint density at radius 1 is 0.769 bits per heavy atom. The van der Waals surface area contributed by atoms with Crippen molar-refractivity contribution in [1.29, 1.82) is 0 Å². The highest BCUT2D eigenvalue weighted by Gasteiger charge is 2.41. The third-order valence-corrected chi connectivity index (χ3v) is 14.9. The van der Waals surface area contributed by atoms with E-state index in [-0.39, 0.29) is 16.2 Å². The van der Waals surface area contributed by atoms with Crippen molar-refractivity contribution in [1.82, 2.24) is 0 Å². The van der Waals surface area contributed by atoms with Gasteiger partial charge >= 0.3 is 0 Å². The molecule has 0 spiro atoms. The third kappa shape index (κ3) is 9.46. The molecule has 0 aliphatic heterocycles. The van der Waals surface area contributed by atoms with E-state index in [0.29, 0.717) is 26.2 Å². The summed E-state index contributed by atoms with van der Waals surface area (Å²) in [6.45, 7) is 27.8. The van der Waals surface area contributed by atoms with E-state index >= 15 is 0 Å². The first-order chi connectivity index (χ1) is 11.3. The van der Waals surface area contributed by atoms with Crippen molar-refractivity contribution in [3.63, 3.8) is 0 Å². The molecule has 0 radical (unpaired) electrons. The minimum absolute atomic E-state index is 0.0631. The van der Waals surface area contributed by atoms with Crippen LogP contribution in [0.4, 0.5) is 0 Å². The summed E-state index contributed by atoms with van der Waals surface area (Å²) < 4.78 is 18.9. The van der Waals surface area contributed by atoms with Gasteiger partial charge in [0.2, 0.25) is 0 Å². The Bertz CT molecular complexity index is 415. The highest BCUT2D eigenvalue weighted by Crippen LogP contribution is 2.39. The van der Waals surface area contributed by atoms with Crippen LogP contribution in [0.1, 0.15) is 61.8 Å². The van der Waals surface area contributed by atoms with Crippen LogP contribution in [0.5, 0.6) is 0 Å². The summed E-state index contributed by atoms with van der Waals surface area (Å²) in [4.78, 5) is 0. The summed E-state index contributed by atoms with van der Waals surface area (Å²) >= 11 is 0. The molecular formula is C20H46O4Si2. The second-order valence-corrected chi connectivity index (χ2v) is 20.8. The molecular weight excluding hydrogens is 360 g/mol. The van der Waals surface area contributed by atoms with Crippen LogP contribution in [-0.4, -0.2) is 53.3 Å². The second-order valence-electron chi connectivity index (χ2n) is 11.2. The molecule has 0 saturated heterocycles. The summed E-state index contributed by atoms with van der Waals surface area (Å²) in [7, 11) is -3.73. The fourth-order valence-electron chi connectivity index (χ4n) is 1.76. The molecule has 0 aromatic heterocycles. The van der Waals surface area contributed by atoms with E-state index in [1.54, 1.807) is 13.8 Å². The second kappa shape index (κ2) is 9.18. The standard InChI is InChI=1S/C20H46O4Si2/c1-18(2,3)25(9,10)23-16-17(15-22-14-13-20(7,8)21)24-26(11,12)19(4,5)6/h17,21H,13-16H2,1-12H3. The van der Waals surface area contributed by atoms with Crippen LogP contribution < -0.4 is 0 Å². The average Bonchev–Trinajstić information content (AvgIpc) is 2.36. The molecule has 0 bridgehead atoms. The number of aliphatic hydroxyl groups is 1. The zero-order chi connectivity index (χ0) is 21.0. The molecule has 1 N–H and O–H groups in total. The zero-order valence-corrected chi connectivity index (χ0v) is 21.6. The van der Waals surface area contributed by atoms with Crippen molar-refractivity contribution < 1.29 is 18.7 Å². The fourth-order valence-corrected chi connectivity index (χ4v) is 4.12. The smallest absolute Gasteiger partial charge is 0.192 e. The van der Waals surface area contributed by atoms with Gasteiger partial charge in [0, 0.05) is 6.61 Å². The lowest BCUT2D eigenvalue weighted by Gasteiger charge is -2.41. The minimum Gasteiger partial charge on any atom is -0.414 e. The van der Waals surface area contributed by atoms with Crippen molar-refractivity contribution >= 4 is 16.6 Å². The van der Waals surface area contributed by atoms with E-state index in [9.17, 15) is 5.11 Å². The molecule has 0 aromatic rings. The van der Waals surface area contributed by atoms with Gasteiger partial charge in [-0.05, 0) is 56.5 Å².